The van der Waals surface area contributed by atoms with Gasteiger partial charge in [0.1, 0.15) is 10.9 Å². The van der Waals surface area contributed by atoms with Gasteiger partial charge in [0, 0.05) is 6.04 Å². The van der Waals surface area contributed by atoms with Crippen LogP contribution in [0, 0.1) is 12.8 Å². The van der Waals surface area contributed by atoms with Crippen LogP contribution in [0.2, 0.25) is 0 Å². The summed E-state index contributed by atoms with van der Waals surface area (Å²) in [4.78, 5) is 26.3. The van der Waals surface area contributed by atoms with Crippen LogP contribution in [-0.2, 0) is 4.79 Å². The summed E-state index contributed by atoms with van der Waals surface area (Å²) in [6, 6.07) is -0.629. The van der Waals surface area contributed by atoms with Gasteiger partial charge >= 0.3 is 5.97 Å². The maximum absolute atomic E-state index is 12.7. The Balaban J connectivity index is 1.93. The van der Waals surface area contributed by atoms with Gasteiger partial charge in [-0.1, -0.05) is 17.3 Å². The molecule has 2 aliphatic rings. The summed E-state index contributed by atoms with van der Waals surface area (Å²) in [7, 11) is 0. The standard InChI is InChI=1S/C13H17N3O3S/c1-7-11(20-15-14-7)12(17)16-9-5-3-2-4-8(9)6-10(16)13(18)19/h8-10H,2-6H2,1H3,(H,18,19)/t8-,9-,10-/m0/s1. The largest absolute Gasteiger partial charge is 0.480 e. The summed E-state index contributed by atoms with van der Waals surface area (Å²) in [6.07, 6.45) is 4.72. The predicted octanol–water partition coefficient (Wildman–Crippen LogP) is 1.70. The van der Waals surface area contributed by atoms with E-state index in [0.717, 1.165) is 37.2 Å². The number of aliphatic carboxylic acids is 1. The van der Waals surface area contributed by atoms with E-state index >= 15 is 0 Å². The number of hydrogen-bond acceptors (Lipinski definition) is 5. The first-order chi connectivity index (χ1) is 9.59. The Bertz CT molecular complexity index is 545. The van der Waals surface area contributed by atoms with Gasteiger partial charge in [0.15, 0.2) is 0 Å². The monoisotopic (exact) mass is 295 g/mol. The van der Waals surface area contributed by atoms with Crippen molar-refractivity contribution in [2.45, 2.75) is 51.1 Å². The van der Waals surface area contributed by atoms with E-state index in [1.54, 1.807) is 11.8 Å². The zero-order chi connectivity index (χ0) is 14.3. The van der Waals surface area contributed by atoms with Crippen molar-refractivity contribution in [1.29, 1.82) is 0 Å². The highest BCUT2D eigenvalue weighted by Crippen LogP contribution is 2.40. The Hall–Kier alpha value is -1.50. The molecule has 6 nitrogen and oxygen atoms in total. The van der Waals surface area contributed by atoms with E-state index in [2.05, 4.69) is 9.59 Å². The fourth-order valence-electron chi connectivity index (χ4n) is 3.52. The van der Waals surface area contributed by atoms with Crippen molar-refractivity contribution in [3.05, 3.63) is 10.6 Å². The maximum Gasteiger partial charge on any atom is 0.326 e. The van der Waals surface area contributed by atoms with Crippen molar-refractivity contribution in [3.8, 4) is 0 Å². The lowest BCUT2D eigenvalue weighted by Gasteiger charge is -2.32. The normalized spacial score (nSPS) is 29.2. The number of carbonyl (C=O) groups excluding carboxylic acids is 1. The minimum atomic E-state index is -0.900. The lowest BCUT2D eigenvalue weighted by Crippen LogP contribution is -2.46. The second-order valence-electron chi connectivity index (χ2n) is 5.60. The van der Waals surface area contributed by atoms with Crippen LogP contribution < -0.4 is 0 Å². The van der Waals surface area contributed by atoms with Crippen LogP contribution in [0.15, 0.2) is 0 Å². The van der Waals surface area contributed by atoms with E-state index < -0.39 is 12.0 Å². The number of aryl methyl sites for hydroxylation is 1. The number of hydrogen-bond donors (Lipinski definition) is 1. The zero-order valence-corrected chi connectivity index (χ0v) is 12.1. The highest BCUT2D eigenvalue weighted by molar-refractivity contribution is 7.08. The van der Waals surface area contributed by atoms with E-state index in [0.29, 0.717) is 22.9 Å². The van der Waals surface area contributed by atoms with Crippen molar-refractivity contribution in [2.24, 2.45) is 5.92 Å². The number of carbonyl (C=O) groups is 2. The second-order valence-corrected chi connectivity index (χ2v) is 6.36. The summed E-state index contributed by atoms with van der Waals surface area (Å²) in [6.45, 7) is 1.74. The molecule has 3 rings (SSSR count). The Morgan fingerprint density at radius 3 is 2.75 bits per heavy atom. The molecule has 1 aliphatic heterocycles. The smallest absolute Gasteiger partial charge is 0.326 e. The van der Waals surface area contributed by atoms with Crippen LogP contribution in [0.1, 0.15) is 47.5 Å². The van der Waals surface area contributed by atoms with Gasteiger partial charge in [-0.3, -0.25) is 4.79 Å². The molecule has 20 heavy (non-hydrogen) atoms. The van der Waals surface area contributed by atoms with E-state index in [1.165, 1.54) is 0 Å². The van der Waals surface area contributed by atoms with Crippen molar-refractivity contribution in [1.82, 2.24) is 14.5 Å². The SMILES string of the molecule is Cc1nnsc1C(=O)N1[C@H](C(=O)O)C[C@@H]2CCCC[C@@H]21. The van der Waals surface area contributed by atoms with Crippen molar-refractivity contribution in [3.63, 3.8) is 0 Å². The molecular formula is C13H17N3O3S. The summed E-state index contributed by atoms with van der Waals surface area (Å²) in [5.41, 5.74) is 0.586. The third kappa shape index (κ3) is 2.09. The molecule has 0 aromatic carbocycles. The Kier molecular flexibility index (Phi) is 3.45. The van der Waals surface area contributed by atoms with Gasteiger partial charge in [0.05, 0.1) is 5.69 Å². The van der Waals surface area contributed by atoms with Crippen LogP contribution in [0.4, 0.5) is 0 Å². The molecule has 2 heterocycles. The number of carboxylic acids is 1. The van der Waals surface area contributed by atoms with Crippen LogP contribution in [0.25, 0.3) is 0 Å². The van der Waals surface area contributed by atoms with Crippen LogP contribution >= 0.6 is 11.5 Å². The minimum absolute atomic E-state index is 0.0684. The Morgan fingerprint density at radius 1 is 1.35 bits per heavy atom. The van der Waals surface area contributed by atoms with E-state index in [1.807, 2.05) is 0 Å². The molecule has 1 saturated carbocycles. The second kappa shape index (κ2) is 5.12. The molecule has 0 unspecified atom stereocenters. The quantitative estimate of drug-likeness (QED) is 0.898. The topological polar surface area (TPSA) is 83.4 Å². The molecule has 0 bridgehead atoms. The third-order valence-electron chi connectivity index (χ3n) is 4.45. The number of likely N-dealkylation sites (tertiary alicyclic amines) is 1. The molecule has 2 fully saturated rings. The molecule has 1 aliphatic carbocycles. The summed E-state index contributed by atoms with van der Waals surface area (Å²) >= 11 is 1.05. The van der Waals surface area contributed by atoms with Gasteiger partial charge in [0.25, 0.3) is 5.91 Å². The number of fused-ring (bicyclic) bond motifs is 1. The summed E-state index contributed by atoms with van der Waals surface area (Å²) in [5, 5.41) is 13.3. The van der Waals surface area contributed by atoms with Gasteiger partial charge < -0.3 is 10.0 Å². The van der Waals surface area contributed by atoms with Crippen LogP contribution in [-0.4, -0.2) is 43.6 Å². The fraction of sp³-hybridized carbons (Fsp3) is 0.692. The van der Waals surface area contributed by atoms with E-state index in [4.69, 9.17) is 0 Å². The molecule has 0 spiro atoms. The molecule has 1 saturated heterocycles. The molecule has 1 aromatic heterocycles. The van der Waals surface area contributed by atoms with Gasteiger partial charge in [-0.05, 0) is 43.6 Å². The first-order valence-corrected chi connectivity index (χ1v) is 7.71. The number of aromatic nitrogens is 2. The molecule has 108 valence electrons. The number of carboxylic acid groups (broad SMARTS) is 1. The van der Waals surface area contributed by atoms with Crippen molar-refractivity contribution >= 4 is 23.4 Å². The highest BCUT2D eigenvalue weighted by atomic mass is 32.1. The van der Waals surface area contributed by atoms with Crippen LogP contribution in [0.5, 0.6) is 0 Å². The molecule has 7 heteroatoms. The van der Waals surface area contributed by atoms with Crippen LogP contribution in [0.3, 0.4) is 0 Å². The summed E-state index contributed by atoms with van der Waals surface area (Å²) in [5.74, 6) is -0.780. The number of rotatable bonds is 2. The summed E-state index contributed by atoms with van der Waals surface area (Å²) < 4.78 is 3.78. The average molecular weight is 295 g/mol. The lowest BCUT2D eigenvalue weighted by molar-refractivity contribution is -0.141. The molecule has 3 atom stereocenters. The molecular weight excluding hydrogens is 278 g/mol. The zero-order valence-electron chi connectivity index (χ0n) is 11.3. The molecule has 1 aromatic rings. The van der Waals surface area contributed by atoms with Gasteiger partial charge in [-0.25, -0.2) is 4.79 Å². The molecule has 0 radical (unpaired) electrons. The van der Waals surface area contributed by atoms with Crippen molar-refractivity contribution in [2.75, 3.05) is 0 Å². The average Bonchev–Trinajstić information content (AvgIpc) is 3.01. The first kappa shape index (κ1) is 13.5. The molecule has 1 amide bonds. The maximum atomic E-state index is 12.7. The van der Waals surface area contributed by atoms with Gasteiger partial charge in [-0.15, -0.1) is 5.10 Å². The third-order valence-corrected chi connectivity index (χ3v) is 5.27. The van der Waals surface area contributed by atoms with Gasteiger partial charge in [-0.2, -0.15) is 0 Å². The molecule has 1 N–H and O–H groups in total. The predicted molar refractivity (Wildman–Crippen MR) is 72.6 cm³/mol. The fourth-order valence-corrected chi connectivity index (χ4v) is 4.12. The number of nitrogens with zero attached hydrogens (tertiary/aromatic N) is 3. The van der Waals surface area contributed by atoms with E-state index in [-0.39, 0.29) is 11.9 Å². The van der Waals surface area contributed by atoms with E-state index in [9.17, 15) is 14.7 Å². The van der Waals surface area contributed by atoms with Gasteiger partial charge in [0.2, 0.25) is 0 Å². The highest BCUT2D eigenvalue weighted by Gasteiger charge is 2.48. The first-order valence-electron chi connectivity index (χ1n) is 6.94. The minimum Gasteiger partial charge on any atom is -0.480 e. The lowest BCUT2D eigenvalue weighted by atomic mass is 9.85. The number of amides is 1. The Morgan fingerprint density at radius 2 is 2.10 bits per heavy atom. The van der Waals surface area contributed by atoms with Crippen molar-refractivity contribution < 1.29 is 14.7 Å². The Labute approximate surface area is 121 Å².